The van der Waals surface area contributed by atoms with Crippen molar-refractivity contribution in [3.8, 4) is 33.7 Å². The van der Waals surface area contributed by atoms with Crippen LogP contribution in [-0.2, 0) is 20.9 Å². The molecule has 43 heavy (non-hydrogen) atoms. The molecule has 2 N–H and O–H groups in total. The summed E-state index contributed by atoms with van der Waals surface area (Å²) in [5.41, 5.74) is 6.11. The summed E-state index contributed by atoms with van der Waals surface area (Å²) in [5.74, 6) is 0.320. The van der Waals surface area contributed by atoms with Gasteiger partial charge in [-0.05, 0) is 54.4 Å². The zero-order chi connectivity index (χ0) is 29.8. The van der Waals surface area contributed by atoms with Crippen LogP contribution in [0.5, 0.6) is 0 Å². The standard InChI is InChI=1S/C35H30N2O5S/c36-43(39,40)42-35(38)30-22-12-20-28(31(30)24-13-4-1-5-14-24)23-27-19-10-11-21-29(27)34-37-32(25-15-6-2-7-16-25)33(41-34)26-17-8-3-9-18-26/h1-9,12-18,20-22,27H,10-11,19,23H2,(H2,36,39,40). The third-order valence-electron chi connectivity index (χ3n) is 7.61. The SMILES string of the molecule is NS(=O)(=O)OC(=O)c1cccc(CC2CCCC=C2c2nc(-c3ccccc3)c(-c3ccccc3)o2)c1-c1ccccc1. The van der Waals surface area contributed by atoms with Gasteiger partial charge in [-0.15, -0.1) is 0 Å². The lowest BCUT2D eigenvalue weighted by molar-refractivity contribution is 0.0747. The number of benzene rings is 4. The summed E-state index contributed by atoms with van der Waals surface area (Å²) in [4.78, 5) is 18.0. The smallest absolute Gasteiger partial charge is 0.382 e. The molecule has 0 saturated heterocycles. The topological polar surface area (TPSA) is 112 Å². The highest BCUT2D eigenvalue weighted by atomic mass is 32.2. The van der Waals surface area contributed by atoms with Gasteiger partial charge in [0.2, 0.25) is 5.89 Å². The van der Waals surface area contributed by atoms with Crippen molar-refractivity contribution < 1.29 is 21.8 Å². The first kappa shape index (κ1) is 28.3. The molecule has 1 atom stereocenters. The van der Waals surface area contributed by atoms with Crippen LogP contribution in [0, 0.1) is 5.92 Å². The Morgan fingerprint density at radius 3 is 2.12 bits per heavy atom. The Kier molecular flexibility index (Phi) is 8.05. The maximum absolute atomic E-state index is 13.0. The fraction of sp³-hybridized carbons (Fsp3) is 0.143. The Labute approximate surface area is 250 Å². The maximum Gasteiger partial charge on any atom is 0.382 e. The van der Waals surface area contributed by atoms with Crippen molar-refractivity contribution in [3.63, 3.8) is 0 Å². The van der Waals surface area contributed by atoms with Gasteiger partial charge >= 0.3 is 16.3 Å². The number of rotatable bonds is 8. The molecule has 7 nitrogen and oxygen atoms in total. The molecule has 0 aliphatic heterocycles. The second kappa shape index (κ2) is 12.2. The zero-order valence-corrected chi connectivity index (χ0v) is 24.2. The fourth-order valence-corrected chi connectivity index (χ4v) is 6.04. The highest BCUT2D eigenvalue weighted by Gasteiger charge is 2.28. The van der Waals surface area contributed by atoms with E-state index in [1.54, 1.807) is 12.1 Å². The highest BCUT2D eigenvalue weighted by Crippen LogP contribution is 2.41. The molecular formula is C35H30N2O5S. The average molecular weight is 591 g/mol. The van der Waals surface area contributed by atoms with Gasteiger partial charge in [0, 0.05) is 16.7 Å². The Hall–Kier alpha value is -4.79. The summed E-state index contributed by atoms with van der Waals surface area (Å²) in [7, 11) is -4.48. The number of nitrogens with two attached hydrogens (primary N) is 1. The number of hydrogen-bond donors (Lipinski definition) is 1. The van der Waals surface area contributed by atoms with E-state index in [-0.39, 0.29) is 11.5 Å². The van der Waals surface area contributed by atoms with Crippen LogP contribution in [-0.4, -0.2) is 19.4 Å². The fourth-order valence-electron chi connectivity index (χ4n) is 5.74. The lowest BCUT2D eigenvalue weighted by Crippen LogP contribution is -2.21. The number of carbonyl (C=O) groups is 1. The van der Waals surface area contributed by atoms with E-state index in [4.69, 9.17) is 14.5 Å². The maximum atomic E-state index is 13.0. The summed E-state index contributed by atoms with van der Waals surface area (Å²) in [6.07, 6.45) is 5.58. The van der Waals surface area contributed by atoms with E-state index in [1.165, 1.54) is 0 Å². The van der Waals surface area contributed by atoms with Crippen molar-refractivity contribution in [2.75, 3.05) is 0 Å². The van der Waals surface area contributed by atoms with Crippen molar-refractivity contribution in [2.24, 2.45) is 11.1 Å². The Morgan fingerprint density at radius 2 is 1.47 bits per heavy atom. The van der Waals surface area contributed by atoms with Crippen LogP contribution in [0.1, 0.15) is 41.1 Å². The van der Waals surface area contributed by atoms with Gasteiger partial charge < -0.3 is 8.60 Å². The quantitative estimate of drug-likeness (QED) is 0.201. The molecule has 1 unspecified atom stereocenters. The van der Waals surface area contributed by atoms with Gasteiger partial charge in [-0.2, -0.15) is 13.6 Å². The van der Waals surface area contributed by atoms with Crippen LogP contribution >= 0.6 is 0 Å². The van der Waals surface area contributed by atoms with Crippen LogP contribution in [0.15, 0.2) is 120 Å². The number of hydrogen-bond acceptors (Lipinski definition) is 6. The second-order valence-corrected chi connectivity index (χ2v) is 11.6. The monoisotopic (exact) mass is 590 g/mol. The molecule has 6 rings (SSSR count). The van der Waals surface area contributed by atoms with E-state index in [2.05, 4.69) is 10.3 Å². The summed E-state index contributed by atoms with van der Waals surface area (Å²) in [5, 5.41) is 5.04. The van der Waals surface area contributed by atoms with Crippen molar-refractivity contribution in [2.45, 2.75) is 25.7 Å². The van der Waals surface area contributed by atoms with Gasteiger partial charge in [0.05, 0.1) is 5.56 Å². The van der Waals surface area contributed by atoms with Crippen molar-refractivity contribution in [1.82, 2.24) is 4.98 Å². The molecule has 1 aliphatic rings. The third-order valence-corrected chi connectivity index (χ3v) is 7.99. The van der Waals surface area contributed by atoms with E-state index in [0.29, 0.717) is 23.6 Å². The van der Waals surface area contributed by atoms with Gasteiger partial charge in [0.15, 0.2) is 5.76 Å². The number of carbonyl (C=O) groups excluding carboxylic acids is 1. The molecule has 8 heteroatoms. The number of nitrogens with zero attached hydrogens (tertiary/aromatic N) is 1. The van der Waals surface area contributed by atoms with E-state index < -0.39 is 16.3 Å². The molecule has 0 radical (unpaired) electrons. The van der Waals surface area contributed by atoms with Gasteiger partial charge in [0.25, 0.3) is 0 Å². The van der Waals surface area contributed by atoms with E-state index in [1.807, 2.05) is 97.1 Å². The summed E-state index contributed by atoms with van der Waals surface area (Å²) >= 11 is 0. The minimum Gasteiger partial charge on any atom is -0.436 e. The van der Waals surface area contributed by atoms with Crippen LogP contribution < -0.4 is 5.14 Å². The molecule has 216 valence electrons. The summed E-state index contributed by atoms with van der Waals surface area (Å²) in [6.45, 7) is 0. The molecule has 0 amide bonds. The minimum atomic E-state index is -4.48. The Bertz CT molecular complexity index is 1830. The number of aromatic nitrogens is 1. The van der Waals surface area contributed by atoms with Crippen molar-refractivity contribution in [3.05, 3.63) is 132 Å². The molecule has 0 fully saturated rings. The van der Waals surface area contributed by atoms with E-state index in [0.717, 1.165) is 52.8 Å². The lowest BCUT2D eigenvalue weighted by Gasteiger charge is -2.24. The van der Waals surface area contributed by atoms with Gasteiger partial charge in [-0.3, -0.25) is 0 Å². The minimum absolute atomic E-state index is 0.0478. The molecule has 0 spiro atoms. The Morgan fingerprint density at radius 1 is 0.837 bits per heavy atom. The second-order valence-electron chi connectivity index (χ2n) is 10.5. The molecule has 1 aliphatic carbocycles. The van der Waals surface area contributed by atoms with Gasteiger partial charge in [-0.1, -0.05) is 109 Å². The molecule has 0 saturated carbocycles. The van der Waals surface area contributed by atoms with Crippen LogP contribution in [0.2, 0.25) is 0 Å². The predicted molar refractivity (Wildman–Crippen MR) is 167 cm³/mol. The van der Waals surface area contributed by atoms with Crippen molar-refractivity contribution >= 4 is 21.8 Å². The first-order valence-electron chi connectivity index (χ1n) is 14.1. The first-order valence-corrected chi connectivity index (χ1v) is 15.6. The number of oxazole rings is 1. The summed E-state index contributed by atoms with van der Waals surface area (Å²) < 4.78 is 34.4. The highest BCUT2D eigenvalue weighted by molar-refractivity contribution is 7.84. The molecule has 4 aromatic carbocycles. The van der Waals surface area contributed by atoms with Gasteiger partial charge in [0.1, 0.15) is 5.69 Å². The summed E-state index contributed by atoms with van der Waals surface area (Å²) in [6, 6.07) is 34.6. The van der Waals surface area contributed by atoms with E-state index >= 15 is 0 Å². The predicted octanol–water partition coefficient (Wildman–Crippen LogP) is 7.46. The molecule has 1 aromatic heterocycles. The Balaban J connectivity index is 1.42. The van der Waals surface area contributed by atoms with Crippen LogP contribution in [0.4, 0.5) is 0 Å². The molecule has 0 bridgehead atoms. The third kappa shape index (κ3) is 6.35. The zero-order valence-electron chi connectivity index (χ0n) is 23.3. The largest absolute Gasteiger partial charge is 0.436 e. The first-order chi connectivity index (χ1) is 20.9. The normalized spacial score (nSPS) is 15.1. The molecule has 5 aromatic rings. The molecule has 1 heterocycles. The van der Waals surface area contributed by atoms with Crippen LogP contribution in [0.3, 0.4) is 0 Å². The lowest BCUT2D eigenvalue weighted by atomic mass is 9.80. The average Bonchev–Trinajstić information content (AvgIpc) is 3.47. The van der Waals surface area contributed by atoms with Crippen molar-refractivity contribution in [1.29, 1.82) is 0 Å². The number of allylic oxidation sites excluding steroid dienone is 2. The van der Waals surface area contributed by atoms with Gasteiger partial charge in [-0.25, -0.2) is 9.78 Å². The van der Waals surface area contributed by atoms with Crippen LogP contribution in [0.25, 0.3) is 39.3 Å². The van der Waals surface area contributed by atoms with E-state index in [9.17, 15) is 13.2 Å². The molecular weight excluding hydrogens is 560 g/mol.